The Morgan fingerprint density at radius 3 is 2.58 bits per heavy atom. The van der Waals surface area contributed by atoms with E-state index in [4.69, 9.17) is 49.3 Å². The molecule has 0 saturated carbocycles. The number of ether oxygens (including phenoxy) is 2. The Labute approximate surface area is 211 Å². The molecule has 0 N–H and O–H groups in total. The van der Waals surface area contributed by atoms with Crippen molar-refractivity contribution in [3.05, 3.63) is 74.8 Å². The number of rotatable bonds is 7. The minimum absolute atomic E-state index is 0.145. The number of carbonyl (C=O) groups is 1. The lowest BCUT2D eigenvalue weighted by Crippen LogP contribution is -2.30. The topological polar surface area (TPSA) is 51.9 Å². The maximum Gasteiger partial charge on any atom is 0.266 e. The van der Waals surface area contributed by atoms with Crippen LogP contribution in [0.5, 0.6) is 11.5 Å². The molecule has 1 amide bonds. The zero-order valence-electron chi connectivity index (χ0n) is 17.8. The minimum Gasteiger partial charge on any atom is -0.493 e. The molecule has 0 aliphatic carbocycles. The highest BCUT2D eigenvalue weighted by molar-refractivity contribution is 8.26. The van der Waals surface area contributed by atoms with Crippen LogP contribution in [0.15, 0.2) is 57.9 Å². The SMILES string of the molecule is COc1ccc(CCN2C(=O)/C(=C\c3ccc(-c4ccc(Cl)cc4Cl)o3)SC2=S)cc1OC. The Balaban J connectivity index is 1.47. The van der Waals surface area contributed by atoms with Crippen molar-refractivity contribution in [1.29, 1.82) is 0 Å². The zero-order valence-corrected chi connectivity index (χ0v) is 20.9. The molecule has 5 nitrogen and oxygen atoms in total. The van der Waals surface area contributed by atoms with E-state index in [1.165, 1.54) is 11.8 Å². The summed E-state index contributed by atoms with van der Waals surface area (Å²) in [5, 5.41) is 1.04. The Kier molecular flexibility index (Phi) is 7.34. The van der Waals surface area contributed by atoms with Gasteiger partial charge >= 0.3 is 0 Å². The van der Waals surface area contributed by atoms with Gasteiger partial charge in [0.1, 0.15) is 15.8 Å². The second-order valence-electron chi connectivity index (χ2n) is 7.10. The summed E-state index contributed by atoms with van der Waals surface area (Å²) >= 11 is 18.9. The number of hydrogen-bond acceptors (Lipinski definition) is 6. The Morgan fingerprint density at radius 1 is 1.06 bits per heavy atom. The summed E-state index contributed by atoms with van der Waals surface area (Å²) in [6.45, 7) is 0.460. The number of furan rings is 1. The van der Waals surface area contributed by atoms with Crippen molar-refractivity contribution in [3.63, 3.8) is 0 Å². The van der Waals surface area contributed by atoms with E-state index in [-0.39, 0.29) is 5.91 Å². The van der Waals surface area contributed by atoms with Crippen LogP contribution < -0.4 is 9.47 Å². The molecule has 33 heavy (non-hydrogen) atoms. The summed E-state index contributed by atoms with van der Waals surface area (Å²) in [5.41, 5.74) is 1.74. The quantitative estimate of drug-likeness (QED) is 0.255. The maximum atomic E-state index is 13.0. The fourth-order valence-electron chi connectivity index (χ4n) is 3.36. The molecule has 0 bridgehead atoms. The van der Waals surface area contributed by atoms with E-state index >= 15 is 0 Å². The molecule has 0 atom stereocenters. The lowest BCUT2D eigenvalue weighted by Gasteiger charge is -2.15. The molecule has 1 fully saturated rings. The predicted octanol–water partition coefficient (Wildman–Crippen LogP) is 6.71. The number of hydrogen-bond donors (Lipinski definition) is 0. The van der Waals surface area contributed by atoms with Crippen molar-refractivity contribution >= 4 is 63.5 Å². The van der Waals surface area contributed by atoms with Gasteiger partial charge in [-0.25, -0.2) is 0 Å². The molecule has 1 aliphatic rings. The van der Waals surface area contributed by atoms with Gasteiger partial charge in [-0.05, 0) is 54.4 Å². The first kappa shape index (κ1) is 23.7. The van der Waals surface area contributed by atoms with E-state index in [2.05, 4.69) is 0 Å². The van der Waals surface area contributed by atoms with Crippen molar-refractivity contribution in [1.82, 2.24) is 4.90 Å². The number of nitrogens with zero attached hydrogens (tertiary/aromatic N) is 1. The fraction of sp³-hybridized carbons (Fsp3) is 0.167. The lowest BCUT2D eigenvalue weighted by molar-refractivity contribution is -0.122. The van der Waals surface area contributed by atoms with Crippen LogP contribution in [0.4, 0.5) is 0 Å². The van der Waals surface area contributed by atoms with Crippen molar-refractivity contribution in [2.45, 2.75) is 6.42 Å². The van der Waals surface area contributed by atoms with Crippen LogP contribution in [-0.4, -0.2) is 35.9 Å². The fourth-order valence-corrected chi connectivity index (χ4v) is 5.15. The molecular weight excluding hydrogens is 501 g/mol. The van der Waals surface area contributed by atoms with Gasteiger partial charge < -0.3 is 13.9 Å². The van der Waals surface area contributed by atoms with E-state index < -0.39 is 0 Å². The molecule has 1 saturated heterocycles. The van der Waals surface area contributed by atoms with Crippen LogP contribution in [0.1, 0.15) is 11.3 Å². The van der Waals surface area contributed by atoms with Gasteiger partial charge in [0.25, 0.3) is 5.91 Å². The molecule has 0 spiro atoms. The van der Waals surface area contributed by atoms with E-state index in [0.29, 0.717) is 55.3 Å². The van der Waals surface area contributed by atoms with Crippen LogP contribution in [0, 0.1) is 0 Å². The summed E-state index contributed by atoms with van der Waals surface area (Å²) in [6, 6.07) is 14.5. The van der Waals surface area contributed by atoms with Crippen LogP contribution in [0.2, 0.25) is 10.0 Å². The van der Waals surface area contributed by atoms with Crippen LogP contribution >= 0.6 is 47.2 Å². The second-order valence-corrected chi connectivity index (χ2v) is 9.62. The van der Waals surface area contributed by atoms with Gasteiger partial charge in [-0.3, -0.25) is 9.69 Å². The molecule has 2 heterocycles. The lowest BCUT2D eigenvalue weighted by atomic mass is 10.1. The van der Waals surface area contributed by atoms with Crippen LogP contribution in [-0.2, 0) is 11.2 Å². The number of benzene rings is 2. The van der Waals surface area contributed by atoms with Crippen LogP contribution in [0.25, 0.3) is 17.4 Å². The first-order valence-corrected chi connectivity index (χ1v) is 11.9. The number of thiocarbonyl (C=S) groups is 1. The number of thioether (sulfide) groups is 1. The molecule has 0 radical (unpaired) electrons. The standard InChI is InChI=1S/C24H19Cl2NO4S2/c1-29-20-7-3-14(11-21(20)30-2)9-10-27-23(28)22(33-24(27)32)13-16-5-8-19(31-16)17-6-4-15(25)12-18(17)26/h3-8,11-13H,9-10H2,1-2H3/b22-13+. The van der Waals surface area contributed by atoms with E-state index in [9.17, 15) is 4.79 Å². The molecule has 1 aromatic heterocycles. The molecule has 170 valence electrons. The average molecular weight is 520 g/mol. The third-order valence-electron chi connectivity index (χ3n) is 5.04. The van der Waals surface area contributed by atoms with Crippen molar-refractivity contribution in [2.24, 2.45) is 0 Å². The van der Waals surface area contributed by atoms with Gasteiger partial charge in [0.2, 0.25) is 0 Å². The van der Waals surface area contributed by atoms with Gasteiger partial charge in [0.05, 0.1) is 24.1 Å². The van der Waals surface area contributed by atoms with Crippen molar-refractivity contribution < 1.29 is 18.7 Å². The second kappa shape index (κ2) is 10.2. The summed E-state index contributed by atoms with van der Waals surface area (Å²) in [7, 11) is 3.19. The van der Waals surface area contributed by atoms with Gasteiger partial charge in [-0.15, -0.1) is 0 Å². The average Bonchev–Trinajstić information content (AvgIpc) is 3.36. The molecular formula is C24H19Cl2NO4S2. The molecule has 0 unspecified atom stereocenters. The molecule has 2 aromatic carbocycles. The van der Waals surface area contributed by atoms with E-state index in [0.717, 1.165) is 11.1 Å². The largest absolute Gasteiger partial charge is 0.493 e. The van der Waals surface area contributed by atoms with Gasteiger partial charge in [0, 0.05) is 23.2 Å². The molecule has 1 aliphatic heterocycles. The number of carbonyl (C=O) groups excluding carboxylic acids is 1. The molecule has 9 heteroatoms. The van der Waals surface area contributed by atoms with E-state index in [1.54, 1.807) is 55.5 Å². The number of methoxy groups -OCH3 is 2. The summed E-state index contributed by atoms with van der Waals surface area (Å²) in [4.78, 5) is 15.1. The highest BCUT2D eigenvalue weighted by atomic mass is 35.5. The molecule has 4 rings (SSSR count). The monoisotopic (exact) mass is 519 g/mol. The number of halogens is 2. The minimum atomic E-state index is -0.145. The first-order valence-electron chi connectivity index (χ1n) is 9.91. The molecule has 3 aromatic rings. The number of amides is 1. The van der Waals surface area contributed by atoms with Crippen molar-refractivity contribution in [3.8, 4) is 22.8 Å². The highest BCUT2D eigenvalue weighted by Gasteiger charge is 2.32. The van der Waals surface area contributed by atoms with Gasteiger partial charge in [-0.2, -0.15) is 0 Å². The summed E-state index contributed by atoms with van der Waals surface area (Å²) in [6.07, 6.45) is 2.32. The third kappa shape index (κ3) is 5.22. The van der Waals surface area contributed by atoms with Crippen molar-refractivity contribution in [2.75, 3.05) is 20.8 Å². The van der Waals surface area contributed by atoms with E-state index in [1.807, 2.05) is 18.2 Å². The zero-order chi connectivity index (χ0) is 23.5. The summed E-state index contributed by atoms with van der Waals surface area (Å²) < 4.78 is 17.0. The normalized spacial score (nSPS) is 14.9. The Hall–Kier alpha value is -2.45. The highest BCUT2D eigenvalue weighted by Crippen LogP contribution is 2.36. The first-order chi connectivity index (χ1) is 15.9. The Morgan fingerprint density at radius 2 is 1.85 bits per heavy atom. The van der Waals surface area contributed by atoms with Crippen LogP contribution in [0.3, 0.4) is 0 Å². The predicted molar refractivity (Wildman–Crippen MR) is 137 cm³/mol. The Bertz CT molecular complexity index is 1260. The smallest absolute Gasteiger partial charge is 0.266 e. The van der Waals surface area contributed by atoms with Gasteiger partial charge in [-0.1, -0.05) is 53.2 Å². The van der Waals surface area contributed by atoms with Gasteiger partial charge in [0.15, 0.2) is 11.5 Å². The maximum absolute atomic E-state index is 13.0. The summed E-state index contributed by atoms with van der Waals surface area (Å²) in [5.74, 6) is 2.29. The third-order valence-corrected chi connectivity index (χ3v) is 6.97.